The number of benzene rings is 2. The molecule has 0 radical (unpaired) electrons. The molecule has 0 fully saturated rings. The minimum atomic E-state index is -0.307. The minimum absolute atomic E-state index is 0.252. The average molecular weight is 252 g/mol. The number of rotatable bonds is 5. The molecule has 0 spiro atoms. The van der Waals surface area contributed by atoms with Gasteiger partial charge in [0.05, 0.1) is 5.92 Å². The van der Waals surface area contributed by atoms with Crippen LogP contribution in [0.3, 0.4) is 0 Å². The fourth-order valence-corrected chi connectivity index (χ4v) is 1.90. The molecule has 0 bridgehead atoms. The van der Waals surface area contributed by atoms with Gasteiger partial charge in [0.1, 0.15) is 5.75 Å². The van der Waals surface area contributed by atoms with E-state index in [1.165, 1.54) is 0 Å². The van der Waals surface area contributed by atoms with E-state index in [2.05, 4.69) is 6.58 Å². The number of carbonyl (C=O) groups excluding carboxylic acids is 1. The van der Waals surface area contributed by atoms with Crippen molar-refractivity contribution in [2.75, 3.05) is 0 Å². The Bertz CT molecular complexity index is 532. The van der Waals surface area contributed by atoms with Gasteiger partial charge in [-0.2, -0.15) is 0 Å². The molecule has 2 heteroatoms. The summed E-state index contributed by atoms with van der Waals surface area (Å²) in [6.07, 6.45) is 2.31. The number of ether oxygens (including phenoxy) is 1. The van der Waals surface area contributed by atoms with Crippen LogP contribution in [0.1, 0.15) is 17.9 Å². The second-order valence-electron chi connectivity index (χ2n) is 4.22. The van der Waals surface area contributed by atoms with Crippen LogP contribution in [0.25, 0.3) is 0 Å². The average Bonchev–Trinajstić information content (AvgIpc) is 2.46. The van der Waals surface area contributed by atoms with Crippen LogP contribution in [0, 0.1) is 0 Å². The highest BCUT2D eigenvalue weighted by Gasteiger charge is 2.21. The predicted molar refractivity (Wildman–Crippen MR) is 76.1 cm³/mol. The van der Waals surface area contributed by atoms with Crippen LogP contribution in [-0.4, -0.2) is 5.97 Å². The van der Waals surface area contributed by atoms with Gasteiger partial charge in [-0.05, 0) is 24.1 Å². The monoisotopic (exact) mass is 252 g/mol. The first-order chi connectivity index (χ1) is 9.31. The fraction of sp³-hybridized carbons (Fsp3) is 0.118. The molecule has 0 aliphatic rings. The molecule has 0 aliphatic heterocycles. The molecule has 1 unspecified atom stereocenters. The maximum absolute atomic E-state index is 12.2. The predicted octanol–water partition coefficient (Wildman–Crippen LogP) is 3.95. The molecule has 0 aliphatic carbocycles. The molecular weight excluding hydrogens is 236 g/mol. The summed E-state index contributed by atoms with van der Waals surface area (Å²) >= 11 is 0. The van der Waals surface area contributed by atoms with Gasteiger partial charge in [0.25, 0.3) is 0 Å². The van der Waals surface area contributed by atoms with Crippen molar-refractivity contribution < 1.29 is 9.53 Å². The van der Waals surface area contributed by atoms with Gasteiger partial charge in [0, 0.05) is 0 Å². The third kappa shape index (κ3) is 3.55. The number of esters is 1. The van der Waals surface area contributed by atoms with Gasteiger partial charge in [-0.3, -0.25) is 4.79 Å². The number of carbonyl (C=O) groups is 1. The van der Waals surface area contributed by atoms with E-state index in [4.69, 9.17) is 4.74 Å². The van der Waals surface area contributed by atoms with E-state index >= 15 is 0 Å². The summed E-state index contributed by atoms with van der Waals surface area (Å²) in [5.74, 6) is 0.00806. The quantitative estimate of drug-likeness (QED) is 0.457. The van der Waals surface area contributed by atoms with Crippen LogP contribution in [0.2, 0.25) is 0 Å². The number of hydrogen-bond donors (Lipinski definition) is 0. The highest BCUT2D eigenvalue weighted by molar-refractivity contribution is 5.80. The molecule has 96 valence electrons. The molecule has 0 N–H and O–H groups in total. The Morgan fingerprint density at radius 1 is 1.05 bits per heavy atom. The molecule has 1 atom stereocenters. The second-order valence-corrected chi connectivity index (χ2v) is 4.22. The lowest BCUT2D eigenvalue weighted by molar-refractivity contribution is -0.136. The Hall–Kier alpha value is -2.35. The van der Waals surface area contributed by atoms with E-state index < -0.39 is 0 Å². The van der Waals surface area contributed by atoms with Crippen LogP contribution in [0.4, 0.5) is 0 Å². The van der Waals surface area contributed by atoms with Crippen LogP contribution >= 0.6 is 0 Å². The van der Waals surface area contributed by atoms with Gasteiger partial charge < -0.3 is 4.74 Å². The fourth-order valence-electron chi connectivity index (χ4n) is 1.90. The molecule has 19 heavy (non-hydrogen) atoms. The van der Waals surface area contributed by atoms with E-state index in [0.717, 1.165) is 5.56 Å². The zero-order chi connectivity index (χ0) is 13.5. The van der Waals surface area contributed by atoms with Crippen molar-refractivity contribution in [3.8, 4) is 5.75 Å². The summed E-state index contributed by atoms with van der Waals surface area (Å²) in [7, 11) is 0. The van der Waals surface area contributed by atoms with Crippen molar-refractivity contribution in [2.24, 2.45) is 0 Å². The first kappa shape index (κ1) is 13.1. The Morgan fingerprint density at radius 3 is 2.21 bits per heavy atom. The zero-order valence-corrected chi connectivity index (χ0v) is 10.7. The Kier molecular flexibility index (Phi) is 4.51. The van der Waals surface area contributed by atoms with Crippen molar-refractivity contribution in [3.63, 3.8) is 0 Å². The summed E-state index contributed by atoms with van der Waals surface area (Å²) in [6, 6.07) is 18.7. The number of hydrogen-bond acceptors (Lipinski definition) is 2. The first-order valence-electron chi connectivity index (χ1n) is 6.24. The topological polar surface area (TPSA) is 26.3 Å². The van der Waals surface area contributed by atoms with Crippen LogP contribution in [0.15, 0.2) is 73.3 Å². The van der Waals surface area contributed by atoms with Crippen molar-refractivity contribution >= 4 is 5.97 Å². The van der Waals surface area contributed by atoms with E-state index in [-0.39, 0.29) is 11.9 Å². The third-order valence-corrected chi connectivity index (χ3v) is 2.85. The Balaban J connectivity index is 2.15. The SMILES string of the molecule is C=CCC(C(=O)Oc1ccccc1)c1ccccc1. The molecule has 2 rings (SSSR count). The summed E-state index contributed by atoms with van der Waals surface area (Å²) in [4.78, 5) is 12.2. The Labute approximate surface area is 113 Å². The van der Waals surface area contributed by atoms with Crippen LogP contribution < -0.4 is 4.74 Å². The second kappa shape index (κ2) is 6.55. The molecule has 2 nitrogen and oxygen atoms in total. The highest BCUT2D eigenvalue weighted by atomic mass is 16.5. The summed E-state index contributed by atoms with van der Waals surface area (Å²) < 4.78 is 5.40. The normalized spacial score (nSPS) is 11.6. The van der Waals surface area contributed by atoms with Crippen LogP contribution in [0.5, 0.6) is 5.75 Å². The molecule has 0 amide bonds. The lowest BCUT2D eigenvalue weighted by Crippen LogP contribution is -2.18. The molecule has 2 aromatic rings. The minimum Gasteiger partial charge on any atom is -0.426 e. The molecule has 0 heterocycles. The lowest BCUT2D eigenvalue weighted by atomic mass is 9.96. The summed E-state index contributed by atoms with van der Waals surface area (Å²) in [6.45, 7) is 3.71. The van der Waals surface area contributed by atoms with E-state index in [1.54, 1.807) is 18.2 Å². The largest absolute Gasteiger partial charge is 0.426 e. The maximum Gasteiger partial charge on any atom is 0.319 e. The van der Waals surface area contributed by atoms with E-state index in [0.29, 0.717) is 12.2 Å². The number of para-hydroxylation sites is 1. The van der Waals surface area contributed by atoms with Crippen molar-refractivity contribution in [1.29, 1.82) is 0 Å². The smallest absolute Gasteiger partial charge is 0.319 e. The van der Waals surface area contributed by atoms with Gasteiger partial charge in [0.2, 0.25) is 0 Å². The maximum atomic E-state index is 12.2. The van der Waals surface area contributed by atoms with Crippen LogP contribution in [-0.2, 0) is 4.79 Å². The van der Waals surface area contributed by atoms with Gasteiger partial charge in [-0.1, -0.05) is 54.6 Å². The van der Waals surface area contributed by atoms with Crippen molar-refractivity contribution in [3.05, 3.63) is 78.9 Å². The molecular formula is C17H16O2. The Morgan fingerprint density at radius 2 is 1.63 bits per heavy atom. The van der Waals surface area contributed by atoms with E-state index in [9.17, 15) is 4.79 Å². The molecule has 0 aromatic heterocycles. The van der Waals surface area contributed by atoms with Gasteiger partial charge >= 0.3 is 5.97 Å². The zero-order valence-electron chi connectivity index (χ0n) is 10.7. The standard InChI is InChI=1S/C17H16O2/c1-2-9-16(14-10-5-3-6-11-14)17(18)19-15-12-7-4-8-13-15/h2-8,10-13,16H,1,9H2. The highest BCUT2D eigenvalue weighted by Crippen LogP contribution is 2.23. The number of allylic oxidation sites excluding steroid dienone is 1. The lowest BCUT2D eigenvalue weighted by Gasteiger charge is -2.14. The molecule has 2 aromatic carbocycles. The third-order valence-electron chi connectivity index (χ3n) is 2.85. The van der Waals surface area contributed by atoms with E-state index in [1.807, 2.05) is 48.5 Å². The first-order valence-corrected chi connectivity index (χ1v) is 6.24. The molecule has 0 saturated carbocycles. The van der Waals surface area contributed by atoms with Crippen molar-refractivity contribution in [1.82, 2.24) is 0 Å². The summed E-state index contributed by atoms with van der Waals surface area (Å²) in [5, 5.41) is 0. The molecule has 0 saturated heterocycles. The van der Waals surface area contributed by atoms with Gasteiger partial charge in [-0.15, -0.1) is 6.58 Å². The van der Waals surface area contributed by atoms with Gasteiger partial charge in [0.15, 0.2) is 0 Å². The van der Waals surface area contributed by atoms with Gasteiger partial charge in [-0.25, -0.2) is 0 Å². The van der Waals surface area contributed by atoms with Crippen molar-refractivity contribution in [2.45, 2.75) is 12.3 Å². The summed E-state index contributed by atoms with van der Waals surface area (Å²) in [5.41, 5.74) is 0.948.